The quantitative estimate of drug-likeness (QED) is 0.820. The first-order chi connectivity index (χ1) is 9.34. The minimum atomic E-state index is 0.462. The fourth-order valence-corrected chi connectivity index (χ4v) is 4.34. The van der Waals surface area contributed by atoms with E-state index in [2.05, 4.69) is 4.90 Å². The molecule has 0 heterocycles. The summed E-state index contributed by atoms with van der Waals surface area (Å²) in [5, 5.41) is 0. The van der Waals surface area contributed by atoms with Gasteiger partial charge in [-0.2, -0.15) is 0 Å². The Morgan fingerprint density at radius 2 is 1.21 bits per heavy atom. The lowest BCUT2D eigenvalue weighted by atomic mass is 9.88. The summed E-state index contributed by atoms with van der Waals surface area (Å²) in [6.07, 6.45) is 17.3. The van der Waals surface area contributed by atoms with Crippen molar-refractivity contribution in [1.82, 2.24) is 4.90 Å². The summed E-state index contributed by atoms with van der Waals surface area (Å²) in [6.45, 7) is 1.19. The highest BCUT2D eigenvalue weighted by atomic mass is 15.2. The summed E-state index contributed by atoms with van der Waals surface area (Å²) in [4.78, 5) is 2.88. The molecule has 3 saturated carbocycles. The van der Waals surface area contributed by atoms with Gasteiger partial charge >= 0.3 is 0 Å². The average Bonchev–Trinajstić information content (AvgIpc) is 3.31. The van der Waals surface area contributed by atoms with Gasteiger partial charge in [0.2, 0.25) is 0 Å². The van der Waals surface area contributed by atoms with Crippen molar-refractivity contribution in [3.63, 3.8) is 0 Å². The maximum atomic E-state index is 6.45. The number of hydrogen-bond acceptors (Lipinski definition) is 2. The smallest absolute Gasteiger partial charge is 0.0196 e. The molecule has 2 nitrogen and oxygen atoms in total. The average molecular weight is 264 g/mol. The normalized spacial score (nSPS) is 28.7. The van der Waals surface area contributed by atoms with Gasteiger partial charge in [-0.25, -0.2) is 0 Å². The third-order valence-electron chi connectivity index (χ3n) is 5.74. The number of nitrogens with two attached hydrogens (primary N) is 1. The van der Waals surface area contributed by atoms with Crippen LogP contribution < -0.4 is 5.73 Å². The molecule has 110 valence electrons. The Morgan fingerprint density at radius 3 is 1.63 bits per heavy atom. The second-order valence-corrected chi connectivity index (χ2v) is 7.28. The van der Waals surface area contributed by atoms with E-state index < -0.39 is 0 Å². The molecule has 0 amide bonds. The topological polar surface area (TPSA) is 29.3 Å². The Hall–Kier alpha value is -0.0800. The van der Waals surface area contributed by atoms with Crippen molar-refractivity contribution in [2.24, 2.45) is 11.7 Å². The summed E-state index contributed by atoms with van der Waals surface area (Å²) in [5.74, 6) is 0.856. The maximum Gasteiger partial charge on any atom is 0.0196 e. The molecular formula is C17H32N2. The minimum absolute atomic E-state index is 0.462. The first-order valence-electron chi connectivity index (χ1n) is 8.86. The fraction of sp³-hybridized carbons (Fsp3) is 1.00. The SMILES string of the molecule is NC(CN(C1CCCCC1)C1CCCCC1)C1CC1. The van der Waals surface area contributed by atoms with E-state index >= 15 is 0 Å². The summed E-state index contributed by atoms with van der Waals surface area (Å²) >= 11 is 0. The van der Waals surface area contributed by atoms with Gasteiger partial charge in [0, 0.05) is 24.7 Å². The van der Waals surface area contributed by atoms with Gasteiger partial charge < -0.3 is 5.73 Å². The molecule has 0 saturated heterocycles. The van der Waals surface area contributed by atoms with Gasteiger partial charge in [-0.15, -0.1) is 0 Å². The van der Waals surface area contributed by atoms with Crippen LogP contribution in [0.25, 0.3) is 0 Å². The predicted molar refractivity (Wildman–Crippen MR) is 81.2 cm³/mol. The first kappa shape index (κ1) is 13.9. The van der Waals surface area contributed by atoms with E-state index in [1.807, 2.05) is 0 Å². The van der Waals surface area contributed by atoms with Crippen LogP contribution in [0.5, 0.6) is 0 Å². The molecule has 3 aliphatic carbocycles. The van der Waals surface area contributed by atoms with Crippen LogP contribution in [0.4, 0.5) is 0 Å². The molecule has 0 aromatic heterocycles. The molecule has 3 aliphatic rings. The number of nitrogens with zero attached hydrogens (tertiary/aromatic N) is 1. The number of hydrogen-bond donors (Lipinski definition) is 1. The zero-order valence-electron chi connectivity index (χ0n) is 12.5. The Balaban J connectivity index is 1.61. The lowest BCUT2D eigenvalue weighted by Crippen LogP contribution is -2.50. The lowest BCUT2D eigenvalue weighted by molar-refractivity contribution is 0.0722. The third kappa shape index (κ3) is 3.72. The van der Waals surface area contributed by atoms with Crippen LogP contribution in [0, 0.1) is 5.92 Å². The fourth-order valence-electron chi connectivity index (χ4n) is 4.34. The summed E-state index contributed by atoms with van der Waals surface area (Å²) in [6, 6.07) is 2.19. The predicted octanol–water partition coefficient (Wildman–Crippen LogP) is 3.69. The van der Waals surface area contributed by atoms with Crippen LogP contribution in [0.1, 0.15) is 77.0 Å². The highest BCUT2D eigenvalue weighted by Crippen LogP contribution is 2.35. The lowest BCUT2D eigenvalue weighted by Gasteiger charge is -2.43. The molecule has 0 bridgehead atoms. The number of rotatable bonds is 5. The standard InChI is InChI=1S/C17H32N2/c18-17(14-11-12-14)13-19(15-7-3-1-4-8-15)16-9-5-2-6-10-16/h14-17H,1-13,18H2. The third-order valence-corrected chi connectivity index (χ3v) is 5.74. The van der Waals surface area contributed by atoms with Crippen molar-refractivity contribution in [1.29, 1.82) is 0 Å². The van der Waals surface area contributed by atoms with Gasteiger partial charge in [-0.1, -0.05) is 38.5 Å². The summed E-state index contributed by atoms with van der Waals surface area (Å²) in [5.41, 5.74) is 6.45. The van der Waals surface area contributed by atoms with Crippen molar-refractivity contribution in [2.75, 3.05) is 6.54 Å². The monoisotopic (exact) mass is 264 g/mol. The van der Waals surface area contributed by atoms with E-state index in [1.54, 1.807) is 0 Å². The van der Waals surface area contributed by atoms with E-state index in [0.717, 1.165) is 18.0 Å². The molecule has 2 N–H and O–H groups in total. The van der Waals surface area contributed by atoms with Gasteiger partial charge in [0.1, 0.15) is 0 Å². The largest absolute Gasteiger partial charge is 0.326 e. The van der Waals surface area contributed by atoms with E-state index in [1.165, 1.54) is 83.6 Å². The molecule has 2 heteroatoms. The van der Waals surface area contributed by atoms with Crippen LogP contribution in [0.15, 0.2) is 0 Å². The van der Waals surface area contributed by atoms with Gasteiger partial charge in [0.05, 0.1) is 0 Å². The van der Waals surface area contributed by atoms with E-state index in [9.17, 15) is 0 Å². The van der Waals surface area contributed by atoms with Gasteiger partial charge in [-0.05, 0) is 44.4 Å². The van der Waals surface area contributed by atoms with Gasteiger partial charge in [0.15, 0.2) is 0 Å². The van der Waals surface area contributed by atoms with Crippen molar-refractivity contribution >= 4 is 0 Å². The zero-order chi connectivity index (χ0) is 13.1. The molecule has 0 aromatic carbocycles. The summed E-state index contributed by atoms with van der Waals surface area (Å²) < 4.78 is 0. The van der Waals surface area contributed by atoms with Crippen LogP contribution in [0.2, 0.25) is 0 Å². The van der Waals surface area contributed by atoms with Crippen LogP contribution in [0.3, 0.4) is 0 Å². The molecular weight excluding hydrogens is 232 g/mol. The molecule has 0 aromatic rings. The molecule has 0 radical (unpaired) electrons. The second kappa shape index (κ2) is 6.58. The van der Waals surface area contributed by atoms with Gasteiger partial charge in [-0.3, -0.25) is 4.90 Å². The molecule has 1 atom stereocenters. The maximum absolute atomic E-state index is 6.45. The molecule has 0 aliphatic heterocycles. The molecule has 3 rings (SSSR count). The Morgan fingerprint density at radius 1 is 0.737 bits per heavy atom. The Bertz CT molecular complexity index is 244. The minimum Gasteiger partial charge on any atom is -0.326 e. The van der Waals surface area contributed by atoms with Crippen molar-refractivity contribution in [2.45, 2.75) is 95.2 Å². The highest BCUT2D eigenvalue weighted by Gasteiger charge is 2.34. The second-order valence-electron chi connectivity index (χ2n) is 7.28. The zero-order valence-corrected chi connectivity index (χ0v) is 12.5. The van der Waals surface area contributed by atoms with Crippen molar-refractivity contribution in [3.8, 4) is 0 Å². The Labute approximate surface area is 119 Å². The van der Waals surface area contributed by atoms with Crippen molar-refractivity contribution in [3.05, 3.63) is 0 Å². The molecule has 0 spiro atoms. The molecule has 1 unspecified atom stereocenters. The van der Waals surface area contributed by atoms with E-state index in [-0.39, 0.29) is 0 Å². The first-order valence-corrected chi connectivity index (χ1v) is 8.86. The van der Waals surface area contributed by atoms with Crippen LogP contribution >= 0.6 is 0 Å². The molecule has 19 heavy (non-hydrogen) atoms. The van der Waals surface area contributed by atoms with E-state index in [0.29, 0.717) is 6.04 Å². The van der Waals surface area contributed by atoms with Crippen LogP contribution in [-0.4, -0.2) is 29.6 Å². The van der Waals surface area contributed by atoms with Crippen molar-refractivity contribution < 1.29 is 0 Å². The molecule has 3 fully saturated rings. The van der Waals surface area contributed by atoms with Gasteiger partial charge in [0.25, 0.3) is 0 Å². The Kier molecular flexibility index (Phi) is 4.81. The van der Waals surface area contributed by atoms with Crippen LogP contribution in [-0.2, 0) is 0 Å². The summed E-state index contributed by atoms with van der Waals surface area (Å²) in [7, 11) is 0. The highest BCUT2D eigenvalue weighted by molar-refractivity contribution is 4.91. The van der Waals surface area contributed by atoms with E-state index in [4.69, 9.17) is 5.73 Å².